The average Bonchev–Trinajstić information content (AvgIpc) is 3.09. The predicted molar refractivity (Wildman–Crippen MR) is 109 cm³/mol. The number of piperidine rings is 1. The molecule has 3 rings (SSSR count). The lowest BCUT2D eigenvalue weighted by atomic mass is 9.99. The summed E-state index contributed by atoms with van der Waals surface area (Å²) in [4.78, 5) is 41.6. The Morgan fingerprint density at radius 3 is 2.41 bits per heavy atom. The summed E-state index contributed by atoms with van der Waals surface area (Å²) in [5.74, 6) is -1.08. The van der Waals surface area contributed by atoms with Gasteiger partial charge in [-0.2, -0.15) is 0 Å². The van der Waals surface area contributed by atoms with Crippen LogP contribution < -0.4 is 10.2 Å². The van der Waals surface area contributed by atoms with Crippen molar-refractivity contribution in [3.8, 4) is 0 Å². The van der Waals surface area contributed by atoms with Gasteiger partial charge in [0.25, 0.3) is 0 Å². The molecule has 158 valence electrons. The molecule has 2 heterocycles. The molecule has 2 aliphatic rings. The topological polar surface area (TPSA) is 69.7 Å². The molecule has 1 N–H and O–H groups in total. The van der Waals surface area contributed by atoms with E-state index in [1.54, 1.807) is 0 Å². The van der Waals surface area contributed by atoms with Crippen molar-refractivity contribution in [3.05, 3.63) is 30.1 Å². The van der Waals surface area contributed by atoms with E-state index < -0.39 is 12.0 Å². The van der Waals surface area contributed by atoms with Gasteiger partial charge in [0.1, 0.15) is 11.9 Å². The van der Waals surface area contributed by atoms with E-state index in [9.17, 15) is 18.8 Å². The number of hydrogen-bond acceptors (Lipinski definition) is 3. The van der Waals surface area contributed by atoms with Crippen LogP contribution in [0, 0.1) is 17.7 Å². The van der Waals surface area contributed by atoms with Crippen LogP contribution >= 0.6 is 0 Å². The summed E-state index contributed by atoms with van der Waals surface area (Å²) < 4.78 is 13.1. The summed E-state index contributed by atoms with van der Waals surface area (Å²) in [6.07, 6.45) is 3.79. The third kappa shape index (κ3) is 5.34. The molecule has 1 aromatic carbocycles. The molecule has 6 nitrogen and oxygen atoms in total. The van der Waals surface area contributed by atoms with E-state index in [0.717, 1.165) is 32.4 Å². The summed E-state index contributed by atoms with van der Waals surface area (Å²) in [6, 6.07) is 5.11. The first-order chi connectivity index (χ1) is 13.8. The zero-order chi connectivity index (χ0) is 21.0. The van der Waals surface area contributed by atoms with Crippen molar-refractivity contribution in [2.45, 2.75) is 52.0 Å². The number of rotatable bonds is 6. The van der Waals surface area contributed by atoms with Gasteiger partial charge in [0, 0.05) is 31.7 Å². The Morgan fingerprint density at radius 2 is 1.79 bits per heavy atom. The van der Waals surface area contributed by atoms with Crippen molar-refractivity contribution in [1.29, 1.82) is 0 Å². The smallest absolute Gasteiger partial charge is 0.245 e. The average molecular weight is 403 g/mol. The Morgan fingerprint density at radius 1 is 1.14 bits per heavy atom. The Bertz CT molecular complexity index is 744. The van der Waals surface area contributed by atoms with E-state index in [-0.39, 0.29) is 42.4 Å². The quantitative estimate of drug-likeness (QED) is 0.794. The molecular weight excluding hydrogens is 373 g/mol. The minimum absolute atomic E-state index is 0.0218. The minimum Gasteiger partial charge on any atom is -0.344 e. The summed E-state index contributed by atoms with van der Waals surface area (Å²) in [5.41, 5.74) is 0.579. The van der Waals surface area contributed by atoms with Gasteiger partial charge in [-0.1, -0.05) is 13.8 Å². The number of likely N-dealkylation sites (tertiary alicyclic amines) is 1. The number of carbonyl (C=O) groups is 3. The number of anilines is 1. The molecule has 7 heteroatoms. The van der Waals surface area contributed by atoms with Gasteiger partial charge >= 0.3 is 0 Å². The first kappa shape index (κ1) is 21.3. The first-order valence-electron chi connectivity index (χ1n) is 10.5. The van der Waals surface area contributed by atoms with Crippen molar-refractivity contribution in [2.75, 3.05) is 24.5 Å². The van der Waals surface area contributed by atoms with E-state index in [1.165, 1.54) is 29.2 Å². The maximum Gasteiger partial charge on any atom is 0.245 e. The predicted octanol–water partition coefficient (Wildman–Crippen LogP) is 2.72. The SMILES string of the molecule is CC(C)C[C@H](NC(=O)[C@@H]1CC(=O)N(c2ccc(F)cc2)C1)C(=O)N1CCCCC1. The van der Waals surface area contributed by atoms with Gasteiger partial charge in [-0.25, -0.2) is 4.39 Å². The fourth-order valence-corrected chi connectivity index (χ4v) is 4.07. The monoisotopic (exact) mass is 403 g/mol. The Hall–Kier alpha value is -2.44. The number of hydrogen-bond donors (Lipinski definition) is 1. The van der Waals surface area contributed by atoms with Crippen molar-refractivity contribution < 1.29 is 18.8 Å². The fourth-order valence-electron chi connectivity index (χ4n) is 4.07. The van der Waals surface area contributed by atoms with E-state index >= 15 is 0 Å². The summed E-state index contributed by atoms with van der Waals surface area (Å²) in [6.45, 7) is 5.77. The highest BCUT2D eigenvalue weighted by molar-refractivity contribution is 6.01. The van der Waals surface area contributed by atoms with Crippen LogP contribution in [-0.4, -0.2) is 48.3 Å². The third-order valence-corrected chi connectivity index (χ3v) is 5.62. The molecule has 2 atom stereocenters. The number of amides is 3. The summed E-state index contributed by atoms with van der Waals surface area (Å²) >= 11 is 0. The molecule has 2 aliphatic heterocycles. The van der Waals surface area contributed by atoms with Gasteiger partial charge in [-0.3, -0.25) is 14.4 Å². The highest BCUT2D eigenvalue weighted by atomic mass is 19.1. The number of carbonyl (C=O) groups excluding carboxylic acids is 3. The highest BCUT2D eigenvalue weighted by Crippen LogP contribution is 2.26. The van der Waals surface area contributed by atoms with Gasteiger partial charge in [-0.05, 0) is 55.9 Å². The van der Waals surface area contributed by atoms with Gasteiger partial charge in [0.2, 0.25) is 17.7 Å². The molecule has 0 aromatic heterocycles. The summed E-state index contributed by atoms with van der Waals surface area (Å²) in [7, 11) is 0. The summed E-state index contributed by atoms with van der Waals surface area (Å²) in [5, 5.41) is 2.92. The van der Waals surface area contributed by atoms with Crippen LogP contribution in [0.4, 0.5) is 10.1 Å². The molecule has 0 aliphatic carbocycles. The standard InChI is InChI=1S/C22H30FN3O3/c1-15(2)12-19(22(29)25-10-4-3-5-11-25)24-21(28)16-13-20(27)26(14-16)18-8-6-17(23)7-9-18/h6-9,15-16,19H,3-5,10-14H2,1-2H3,(H,24,28)/t16-,19+/m1/s1. The van der Waals surface area contributed by atoms with Gasteiger partial charge in [-0.15, -0.1) is 0 Å². The molecule has 29 heavy (non-hydrogen) atoms. The maximum absolute atomic E-state index is 13.1. The largest absolute Gasteiger partial charge is 0.344 e. The number of benzene rings is 1. The highest BCUT2D eigenvalue weighted by Gasteiger charge is 2.37. The number of nitrogens with zero attached hydrogens (tertiary/aromatic N) is 2. The third-order valence-electron chi connectivity index (χ3n) is 5.62. The Labute approximate surface area is 171 Å². The van der Waals surface area contributed by atoms with E-state index in [1.807, 2.05) is 18.7 Å². The molecule has 0 spiro atoms. The van der Waals surface area contributed by atoms with Crippen molar-refractivity contribution in [2.24, 2.45) is 11.8 Å². The lowest BCUT2D eigenvalue weighted by molar-refractivity contribution is -0.138. The minimum atomic E-state index is -0.560. The molecule has 0 radical (unpaired) electrons. The van der Waals surface area contributed by atoms with E-state index in [0.29, 0.717) is 12.1 Å². The van der Waals surface area contributed by atoms with E-state index in [4.69, 9.17) is 0 Å². The molecule has 0 saturated carbocycles. The van der Waals surface area contributed by atoms with Crippen LogP contribution in [0.2, 0.25) is 0 Å². The van der Waals surface area contributed by atoms with Crippen LogP contribution in [0.25, 0.3) is 0 Å². The lowest BCUT2D eigenvalue weighted by Crippen LogP contribution is -2.51. The van der Waals surface area contributed by atoms with Gasteiger partial charge in [0.05, 0.1) is 5.92 Å². The van der Waals surface area contributed by atoms with Crippen molar-refractivity contribution >= 4 is 23.4 Å². The molecule has 2 fully saturated rings. The normalized spacial score (nSPS) is 20.8. The Balaban J connectivity index is 1.65. The van der Waals surface area contributed by atoms with Crippen LogP contribution in [0.15, 0.2) is 24.3 Å². The molecule has 0 unspecified atom stereocenters. The lowest BCUT2D eigenvalue weighted by Gasteiger charge is -2.31. The Kier molecular flexibility index (Phi) is 6.87. The molecule has 3 amide bonds. The molecule has 0 bridgehead atoms. The van der Waals surface area contributed by atoms with Crippen LogP contribution in [-0.2, 0) is 14.4 Å². The zero-order valence-electron chi connectivity index (χ0n) is 17.2. The van der Waals surface area contributed by atoms with Crippen molar-refractivity contribution in [3.63, 3.8) is 0 Å². The van der Waals surface area contributed by atoms with Crippen LogP contribution in [0.5, 0.6) is 0 Å². The number of nitrogens with one attached hydrogen (secondary N) is 1. The maximum atomic E-state index is 13.1. The second-order valence-corrected chi connectivity index (χ2v) is 8.46. The van der Waals surface area contributed by atoms with Gasteiger partial charge in [0.15, 0.2) is 0 Å². The fraction of sp³-hybridized carbons (Fsp3) is 0.591. The molecule has 2 saturated heterocycles. The van der Waals surface area contributed by atoms with E-state index in [2.05, 4.69) is 5.32 Å². The second-order valence-electron chi connectivity index (χ2n) is 8.46. The van der Waals surface area contributed by atoms with Crippen LogP contribution in [0.1, 0.15) is 46.0 Å². The van der Waals surface area contributed by atoms with Crippen LogP contribution in [0.3, 0.4) is 0 Å². The number of halogens is 1. The molecule has 1 aromatic rings. The molecular formula is C22H30FN3O3. The van der Waals surface area contributed by atoms with Gasteiger partial charge < -0.3 is 15.1 Å². The second kappa shape index (κ2) is 9.37. The zero-order valence-corrected chi connectivity index (χ0v) is 17.2. The first-order valence-corrected chi connectivity index (χ1v) is 10.5. The van der Waals surface area contributed by atoms with Crippen molar-refractivity contribution in [1.82, 2.24) is 10.2 Å².